The van der Waals surface area contributed by atoms with Gasteiger partial charge in [-0.15, -0.1) is 0 Å². The van der Waals surface area contributed by atoms with Crippen molar-refractivity contribution < 1.29 is 14.3 Å². The topological polar surface area (TPSA) is 70.7 Å². The third kappa shape index (κ3) is 5.53. The maximum atomic E-state index is 13.2. The Balaban J connectivity index is 1.56. The minimum Gasteiger partial charge on any atom is -0.378 e. The van der Waals surface area contributed by atoms with E-state index in [1.54, 1.807) is 6.07 Å². The lowest BCUT2D eigenvalue weighted by atomic mass is 10.1. The number of anilines is 3. The molecular weight excluding hydrogens is 402 g/mol. The van der Waals surface area contributed by atoms with Gasteiger partial charge in [-0.2, -0.15) is 0 Å². The molecule has 1 fully saturated rings. The average molecular weight is 430 g/mol. The fourth-order valence-electron chi connectivity index (χ4n) is 3.70. The number of hydrogen-bond donors (Lipinski definition) is 2. The number of amides is 2. The van der Waals surface area contributed by atoms with Gasteiger partial charge in [-0.1, -0.05) is 48.0 Å². The van der Waals surface area contributed by atoms with E-state index in [4.69, 9.17) is 4.74 Å². The summed E-state index contributed by atoms with van der Waals surface area (Å²) in [6, 6.07) is 22.7. The number of rotatable bonds is 6. The molecule has 3 aromatic carbocycles. The molecule has 0 atom stereocenters. The first-order chi connectivity index (χ1) is 15.6. The monoisotopic (exact) mass is 429 g/mol. The molecule has 3 aromatic rings. The van der Waals surface area contributed by atoms with E-state index in [1.807, 2.05) is 73.7 Å². The molecule has 1 aliphatic heterocycles. The summed E-state index contributed by atoms with van der Waals surface area (Å²) < 4.78 is 5.46. The van der Waals surface area contributed by atoms with Crippen molar-refractivity contribution in [1.29, 1.82) is 0 Å². The minimum absolute atomic E-state index is 0.125. The molecule has 164 valence electrons. The van der Waals surface area contributed by atoms with Gasteiger partial charge in [-0.25, -0.2) is 0 Å². The second-order valence-electron chi connectivity index (χ2n) is 7.86. The second kappa shape index (κ2) is 10.1. The van der Waals surface area contributed by atoms with Crippen LogP contribution in [0.1, 0.15) is 21.5 Å². The summed E-state index contributed by atoms with van der Waals surface area (Å²) in [4.78, 5) is 27.9. The molecule has 0 saturated carbocycles. The smallest absolute Gasteiger partial charge is 0.257 e. The fraction of sp³-hybridized carbons (Fsp3) is 0.231. The van der Waals surface area contributed by atoms with Crippen LogP contribution in [0.25, 0.3) is 0 Å². The van der Waals surface area contributed by atoms with Crippen molar-refractivity contribution in [2.24, 2.45) is 0 Å². The average Bonchev–Trinajstić information content (AvgIpc) is 2.81. The van der Waals surface area contributed by atoms with E-state index in [0.29, 0.717) is 37.6 Å². The fourth-order valence-corrected chi connectivity index (χ4v) is 3.70. The first-order valence-corrected chi connectivity index (χ1v) is 10.8. The Labute approximate surface area is 188 Å². The van der Waals surface area contributed by atoms with Crippen molar-refractivity contribution in [1.82, 2.24) is 0 Å². The zero-order valence-electron chi connectivity index (χ0n) is 18.1. The van der Waals surface area contributed by atoms with Crippen LogP contribution >= 0.6 is 0 Å². The molecule has 0 aromatic heterocycles. The Morgan fingerprint density at radius 2 is 1.56 bits per heavy atom. The molecule has 6 nitrogen and oxygen atoms in total. The lowest BCUT2D eigenvalue weighted by Crippen LogP contribution is -2.37. The summed E-state index contributed by atoms with van der Waals surface area (Å²) >= 11 is 0. The van der Waals surface area contributed by atoms with Crippen LogP contribution in [0, 0.1) is 6.92 Å². The highest BCUT2D eigenvalue weighted by molar-refractivity contribution is 6.09. The van der Waals surface area contributed by atoms with Crippen LogP contribution in [0.4, 0.5) is 17.1 Å². The van der Waals surface area contributed by atoms with E-state index in [9.17, 15) is 9.59 Å². The minimum atomic E-state index is -0.213. The Morgan fingerprint density at radius 3 is 2.28 bits per heavy atom. The summed E-state index contributed by atoms with van der Waals surface area (Å²) in [5.74, 6) is -0.338. The summed E-state index contributed by atoms with van der Waals surface area (Å²) in [6.07, 6.45) is 0.275. The van der Waals surface area contributed by atoms with Crippen molar-refractivity contribution in [2.45, 2.75) is 13.3 Å². The molecule has 6 heteroatoms. The SMILES string of the molecule is Cc1ccc(NC(=O)c2cc(NC(=O)Cc3ccccc3)ccc2N2CCOCC2)cc1. The van der Waals surface area contributed by atoms with Crippen LogP contribution in [-0.2, 0) is 16.0 Å². The molecule has 1 heterocycles. The molecule has 1 aliphatic rings. The largest absolute Gasteiger partial charge is 0.378 e. The van der Waals surface area contributed by atoms with E-state index >= 15 is 0 Å². The maximum absolute atomic E-state index is 13.2. The van der Waals surface area contributed by atoms with E-state index in [-0.39, 0.29) is 18.2 Å². The predicted octanol–water partition coefficient (Wildman–Crippen LogP) is 4.27. The Hall–Kier alpha value is -3.64. The molecule has 1 saturated heterocycles. The van der Waals surface area contributed by atoms with Gasteiger partial charge in [0.15, 0.2) is 0 Å². The summed E-state index contributed by atoms with van der Waals surface area (Å²) in [5, 5.41) is 5.90. The molecule has 0 bridgehead atoms. The first kappa shape index (κ1) is 21.6. The summed E-state index contributed by atoms with van der Waals surface area (Å²) in [5.41, 5.74) is 4.74. The van der Waals surface area contributed by atoms with Crippen molar-refractivity contribution >= 4 is 28.9 Å². The highest BCUT2D eigenvalue weighted by Gasteiger charge is 2.20. The van der Waals surface area contributed by atoms with Gasteiger partial charge in [0.2, 0.25) is 5.91 Å². The highest BCUT2D eigenvalue weighted by Crippen LogP contribution is 2.27. The molecule has 0 aliphatic carbocycles. The van der Waals surface area contributed by atoms with E-state index < -0.39 is 0 Å². The van der Waals surface area contributed by atoms with Crippen molar-refractivity contribution in [3.63, 3.8) is 0 Å². The summed E-state index contributed by atoms with van der Waals surface area (Å²) in [7, 11) is 0. The van der Waals surface area contributed by atoms with Crippen molar-refractivity contribution in [3.8, 4) is 0 Å². The van der Waals surface area contributed by atoms with E-state index in [2.05, 4.69) is 15.5 Å². The third-order valence-electron chi connectivity index (χ3n) is 5.39. The number of nitrogens with zero attached hydrogens (tertiary/aromatic N) is 1. The molecule has 32 heavy (non-hydrogen) atoms. The Bertz CT molecular complexity index is 1080. The number of nitrogens with one attached hydrogen (secondary N) is 2. The van der Waals surface area contributed by atoms with E-state index in [0.717, 1.165) is 22.5 Å². The number of carbonyl (C=O) groups is 2. The van der Waals surface area contributed by atoms with Crippen LogP contribution in [0.15, 0.2) is 72.8 Å². The number of ether oxygens (including phenoxy) is 1. The number of carbonyl (C=O) groups excluding carboxylic acids is 2. The van der Waals surface area contributed by atoms with Gasteiger partial charge >= 0.3 is 0 Å². The van der Waals surface area contributed by atoms with Gasteiger partial charge in [0.1, 0.15) is 0 Å². The van der Waals surface area contributed by atoms with Crippen LogP contribution < -0.4 is 15.5 Å². The van der Waals surface area contributed by atoms with Gasteiger partial charge in [-0.3, -0.25) is 9.59 Å². The first-order valence-electron chi connectivity index (χ1n) is 10.8. The molecular formula is C26H27N3O3. The lowest BCUT2D eigenvalue weighted by Gasteiger charge is -2.30. The summed E-state index contributed by atoms with van der Waals surface area (Å²) in [6.45, 7) is 4.67. The van der Waals surface area contributed by atoms with Gasteiger partial charge in [0.25, 0.3) is 5.91 Å². The van der Waals surface area contributed by atoms with Gasteiger partial charge in [0.05, 0.1) is 25.2 Å². The number of hydrogen-bond acceptors (Lipinski definition) is 4. The number of aryl methyl sites for hydroxylation is 1. The van der Waals surface area contributed by atoms with Crippen molar-refractivity contribution in [3.05, 3.63) is 89.5 Å². The van der Waals surface area contributed by atoms with Crippen LogP contribution in [0.5, 0.6) is 0 Å². The number of benzene rings is 3. The van der Waals surface area contributed by atoms with E-state index in [1.165, 1.54) is 0 Å². The molecule has 0 spiro atoms. The van der Waals surface area contributed by atoms with Gasteiger partial charge in [-0.05, 0) is 42.8 Å². The molecule has 4 rings (SSSR count). The number of morpholine rings is 1. The standard InChI is InChI=1S/C26H27N3O3/c1-19-7-9-21(10-8-19)28-26(31)23-18-22(11-12-24(23)29-13-15-32-16-14-29)27-25(30)17-20-5-3-2-4-6-20/h2-12,18H,13-17H2,1H3,(H,27,30)(H,28,31). The Morgan fingerprint density at radius 1 is 0.875 bits per heavy atom. The van der Waals surface area contributed by atoms with Crippen molar-refractivity contribution in [2.75, 3.05) is 41.8 Å². The van der Waals surface area contributed by atoms with Crippen LogP contribution in [0.3, 0.4) is 0 Å². The normalized spacial score (nSPS) is 13.5. The highest BCUT2D eigenvalue weighted by atomic mass is 16.5. The zero-order chi connectivity index (χ0) is 22.3. The predicted molar refractivity (Wildman–Crippen MR) is 127 cm³/mol. The van der Waals surface area contributed by atoms with Crippen LogP contribution in [0.2, 0.25) is 0 Å². The third-order valence-corrected chi connectivity index (χ3v) is 5.39. The maximum Gasteiger partial charge on any atom is 0.257 e. The Kier molecular flexibility index (Phi) is 6.82. The zero-order valence-corrected chi connectivity index (χ0v) is 18.1. The molecule has 0 radical (unpaired) electrons. The second-order valence-corrected chi connectivity index (χ2v) is 7.86. The van der Waals surface area contributed by atoms with Crippen LogP contribution in [-0.4, -0.2) is 38.1 Å². The lowest BCUT2D eigenvalue weighted by molar-refractivity contribution is -0.115. The molecule has 0 unspecified atom stereocenters. The van der Waals surface area contributed by atoms with Gasteiger partial charge < -0.3 is 20.3 Å². The molecule has 2 amide bonds. The quantitative estimate of drug-likeness (QED) is 0.614. The molecule has 2 N–H and O–H groups in total. The van der Waals surface area contributed by atoms with Gasteiger partial charge in [0, 0.05) is 30.2 Å².